The van der Waals surface area contributed by atoms with Crippen LogP contribution in [0.25, 0.3) is 11.3 Å². The minimum atomic E-state index is -0.434. The molecule has 0 saturated heterocycles. The van der Waals surface area contributed by atoms with E-state index >= 15 is 0 Å². The Kier molecular flexibility index (Phi) is 4.10. The number of carbonyl (C=O) groups excluding carboxylic acids is 2. The van der Waals surface area contributed by atoms with Gasteiger partial charge in [-0.1, -0.05) is 12.1 Å². The first-order chi connectivity index (χ1) is 9.61. The van der Waals surface area contributed by atoms with E-state index in [2.05, 4.69) is 9.72 Å². The van der Waals surface area contributed by atoms with Crippen molar-refractivity contribution in [2.45, 2.75) is 6.92 Å². The third-order valence-corrected chi connectivity index (χ3v) is 2.58. The van der Waals surface area contributed by atoms with Gasteiger partial charge in [-0.15, -0.1) is 0 Å². The first-order valence-corrected chi connectivity index (χ1v) is 5.94. The molecule has 1 aromatic carbocycles. The van der Waals surface area contributed by atoms with Crippen LogP contribution in [0, 0.1) is 0 Å². The molecule has 0 saturated carbocycles. The Hall–Kier alpha value is -2.69. The molecule has 0 spiro atoms. The lowest BCUT2D eigenvalue weighted by Gasteiger charge is -2.08. The van der Waals surface area contributed by atoms with Crippen molar-refractivity contribution < 1.29 is 19.1 Å². The lowest BCUT2D eigenvalue weighted by atomic mass is 10.1. The summed E-state index contributed by atoms with van der Waals surface area (Å²) in [5.74, 6) is -0.512. The van der Waals surface area contributed by atoms with Crippen molar-refractivity contribution in [2.75, 3.05) is 7.11 Å². The second-order valence-corrected chi connectivity index (χ2v) is 4.02. The van der Waals surface area contributed by atoms with Gasteiger partial charge in [-0.25, -0.2) is 4.79 Å². The van der Waals surface area contributed by atoms with E-state index in [0.29, 0.717) is 22.6 Å². The fraction of sp³-hybridized carbons (Fsp3) is 0.133. The van der Waals surface area contributed by atoms with Crippen LogP contribution in [0.5, 0.6) is 5.75 Å². The van der Waals surface area contributed by atoms with Crippen LogP contribution in [0.15, 0.2) is 42.6 Å². The third-order valence-electron chi connectivity index (χ3n) is 2.58. The Balaban J connectivity index is 2.46. The maximum atomic E-state index is 11.5. The largest absolute Gasteiger partial charge is 0.465 e. The Morgan fingerprint density at radius 3 is 2.65 bits per heavy atom. The van der Waals surface area contributed by atoms with Crippen LogP contribution in [-0.4, -0.2) is 24.0 Å². The van der Waals surface area contributed by atoms with Crippen molar-refractivity contribution in [1.29, 1.82) is 0 Å². The average molecular weight is 271 g/mol. The molecule has 102 valence electrons. The standard InChI is InChI=1S/C15H13NO4/c1-10(17)20-13-7-4-8-16-14(13)11-5-3-6-12(9-11)15(18)19-2/h3-9H,1-2H3. The molecule has 1 aromatic heterocycles. The van der Waals surface area contributed by atoms with E-state index in [9.17, 15) is 9.59 Å². The van der Waals surface area contributed by atoms with Gasteiger partial charge in [0.25, 0.3) is 0 Å². The van der Waals surface area contributed by atoms with Crippen LogP contribution in [0.2, 0.25) is 0 Å². The van der Waals surface area contributed by atoms with E-state index in [4.69, 9.17) is 4.74 Å². The molecule has 0 aliphatic carbocycles. The predicted octanol–water partition coefficient (Wildman–Crippen LogP) is 2.46. The van der Waals surface area contributed by atoms with Gasteiger partial charge in [0, 0.05) is 18.7 Å². The summed E-state index contributed by atoms with van der Waals surface area (Å²) in [6.07, 6.45) is 1.59. The van der Waals surface area contributed by atoms with Gasteiger partial charge in [-0.2, -0.15) is 0 Å². The Morgan fingerprint density at radius 1 is 1.15 bits per heavy atom. The van der Waals surface area contributed by atoms with Crippen LogP contribution in [0.1, 0.15) is 17.3 Å². The number of methoxy groups -OCH3 is 1. The number of esters is 2. The monoisotopic (exact) mass is 271 g/mol. The molecule has 5 nitrogen and oxygen atoms in total. The van der Waals surface area contributed by atoms with Gasteiger partial charge in [0.1, 0.15) is 5.69 Å². The van der Waals surface area contributed by atoms with Crippen molar-refractivity contribution in [3.63, 3.8) is 0 Å². The number of nitrogens with zero attached hydrogens (tertiary/aromatic N) is 1. The summed E-state index contributed by atoms with van der Waals surface area (Å²) in [5, 5.41) is 0. The van der Waals surface area contributed by atoms with Crippen molar-refractivity contribution in [1.82, 2.24) is 4.98 Å². The molecular weight excluding hydrogens is 258 g/mol. The van der Waals surface area contributed by atoms with Gasteiger partial charge < -0.3 is 9.47 Å². The van der Waals surface area contributed by atoms with Gasteiger partial charge in [-0.3, -0.25) is 9.78 Å². The SMILES string of the molecule is COC(=O)c1cccc(-c2ncccc2OC(C)=O)c1. The molecule has 0 atom stereocenters. The molecule has 0 radical (unpaired) electrons. The summed E-state index contributed by atoms with van der Waals surface area (Å²) in [6, 6.07) is 10.1. The molecule has 0 bridgehead atoms. The Morgan fingerprint density at radius 2 is 1.95 bits per heavy atom. The van der Waals surface area contributed by atoms with E-state index in [1.54, 1.807) is 42.6 Å². The van der Waals surface area contributed by atoms with Crippen LogP contribution >= 0.6 is 0 Å². The highest BCUT2D eigenvalue weighted by atomic mass is 16.5. The molecule has 1 heterocycles. The van der Waals surface area contributed by atoms with Gasteiger partial charge in [0.2, 0.25) is 0 Å². The molecule has 5 heteroatoms. The molecule has 0 aliphatic heterocycles. The third kappa shape index (κ3) is 3.00. The van der Waals surface area contributed by atoms with Crippen molar-refractivity contribution >= 4 is 11.9 Å². The molecular formula is C15H13NO4. The quantitative estimate of drug-likeness (QED) is 0.802. The summed E-state index contributed by atoms with van der Waals surface area (Å²) in [4.78, 5) is 26.8. The first kappa shape index (κ1) is 13.7. The summed E-state index contributed by atoms with van der Waals surface area (Å²) in [7, 11) is 1.32. The highest BCUT2D eigenvalue weighted by molar-refractivity contribution is 5.91. The van der Waals surface area contributed by atoms with E-state index in [-0.39, 0.29) is 0 Å². The second-order valence-electron chi connectivity index (χ2n) is 4.02. The number of hydrogen-bond donors (Lipinski definition) is 0. The average Bonchev–Trinajstić information content (AvgIpc) is 2.46. The topological polar surface area (TPSA) is 65.5 Å². The van der Waals surface area contributed by atoms with Crippen LogP contribution < -0.4 is 4.74 Å². The molecule has 0 N–H and O–H groups in total. The molecule has 0 aliphatic rings. The lowest BCUT2D eigenvalue weighted by molar-refractivity contribution is -0.131. The normalized spacial score (nSPS) is 9.90. The second kappa shape index (κ2) is 5.97. The van der Waals surface area contributed by atoms with E-state index in [1.807, 2.05) is 0 Å². The molecule has 0 amide bonds. The zero-order valence-corrected chi connectivity index (χ0v) is 11.1. The van der Waals surface area contributed by atoms with E-state index in [1.165, 1.54) is 14.0 Å². The summed E-state index contributed by atoms with van der Waals surface area (Å²) >= 11 is 0. The summed E-state index contributed by atoms with van der Waals surface area (Å²) in [6.45, 7) is 1.32. The number of ether oxygens (including phenoxy) is 2. The van der Waals surface area contributed by atoms with Crippen LogP contribution in [0.3, 0.4) is 0 Å². The van der Waals surface area contributed by atoms with Gasteiger partial charge in [0.05, 0.1) is 12.7 Å². The Bertz CT molecular complexity index is 652. The minimum Gasteiger partial charge on any atom is -0.465 e. The molecule has 0 fully saturated rings. The number of hydrogen-bond acceptors (Lipinski definition) is 5. The summed E-state index contributed by atoms with van der Waals surface area (Å²) < 4.78 is 9.79. The van der Waals surface area contributed by atoms with Crippen molar-refractivity contribution in [3.05, 3.63) is 48.2 Å². The predicted molar refractivity (Wildman–Crippen MR) is 72.3 cm³/mol. The molecule has 20 heavy (non-hydrogen) atoms. The maximum Gasteiger partial charge on any atom is 0.337 e. The van der Waals surface area contributed by atoms with E-state index < -0.39 is 11.9 Å². The number of aromatic nitrogens is 1. The fourth-order valence-corrected chi connectivity index (χ4v) is 1.76. The number of pyridine rings is 1. The molecule has 0 unspecified atom stereocenters. The molecule has 2 rings (SSSR count). The minimum absolute atomic E-state index is 0.349. The first-order valence-electron chi connectivity index (χ1n) is 5.94. The highest BCUT2D eigenvalue weighted by Gasteiger charge is 2.12. The van der Waals surface area contributed by atoms with Crippen molar-refractivity contribution in [3.8, 4) is 17.0 Å². The zero-order chi connectivity index (χ0) is 14.5. The molecule has 2 aromatic rings. The summed E-state index contributed by atoms with van der Waals surface area (Å²) in [5.41, 5.74) is 1.57. The number of benzene rings is 1. The van der Waals surface area contributed by atoms with Gasteiger partial charge in [-0.05, 0) is 24.3 Å². The number of rotatable bonds is 3. The smallest absolute Gasteiger partial charge is 0.337 e. The van der Waals surface area contributed by atoms with Gasteiger partial charge in [0.15, 0.2) is 5.75 Å². The van der Waals surface area contributed by atoms with Crippen molar-refractivity contribution in [2.24, 2.45) is 0 Å². The maximum absolute atomic E-state index is 11.5. The van der Waals surface area contributed by atoms with E-state index in [0.717, 1.165) is 0 Å². The van der Waals surface area contributed by atoms with Crippen LogP contribution in [-0.2, 0) is 9.53 Å². The Labute approximate surface area is 116 Å². The van der Waals surface area contributed by atoms with Crippen LogP contribution in [0.4, 0.5) is 0 Å². The number of carbonyl (C=O) groups is 2. The fourth-order valence-electron chi connectivity index (χ4n) is 1.76. The van der Waals surface area contributed by atoms with Gasteiger partial charge >= 0.3 is 11.9 Å². The zero-order valence-electron chi connectivity index (χ0n) is 11.1. The highest BCUT2D eigenvalue weighted by Crippen LogP contribution is 2.28. The lowest BCUT2D eigenvalue weighted by Crippen LogP contribution is -2.04.